The fourth-order valence-corrected chi connectivity index (χ4v) is 3.39. The van der Waals surface area contributed by atoms with Crippen LogP contribution in [0.25, 0.3) is 0 Å². The van der Waals surface area contributed by atoms with Crippen molar-refractivity contribution in [1.29, 1.82) is 0 Å². The number of rotatable bonds is 5. The van der Waals surface area contributed by atoms with Crippen molar-refractivity contribution in [2.75, 3.05) is 5.32 Å². The molecular weight excluding hydrogens is 304 g/mol. The molecule has 2 saturated carbocycles. The maximum atomic E-state index is 12.3. The second-order valence-electron chi connectivity index (χ2n) is 6.98. The first kappa shape index (κ1) is 15.4. The maximum absolute atomic E-state index is 12.3. The smallest absolute Gasteiger partial charge is 0.233 e. The van der Waals surface area contributed by atoms with Crippen LogP contribution >= 0.6 is 0 Å². The number of aromatic nitrogens is 5. The van der Waals surface area contributed by atoms with E-state index >= 15 is 0 Å². The number of hydrogen-bond acceptors (Lipinski definition) is 4. The van der Waals surface area contributed by atoms with Gasteiger partial charge in [-0.15, -0.1) is 0 Å². The molecule has 0 aromatic carbocycles. The number of hydrogen-bond donors (Lipinski definition) is 1. The van der Waals surface area contributed by atoms with Crippen LogP contribution in [-0.2, 0) is 18.3 Å². The zero-order valence-electron chi connectivity index (χ0n) is 14.1. The number of carbonyl (C=O) groups is 1. The van der Waals surface area contributed by atoms with Crippen LogP contribution in [0.3, 0.4) is 0 Å². The van der Waals surface area contributed by atoms with E-state index in [1.54, 1.807) is 4.68 Å². The van der Waals surface area contributed by atoms with E-state index in [0.29, 0.717) is 23.6 Å². The molecule has 2 heterocycles. The minimum Gasteiger partial charge on any atom is -0.309 e. The molecule has 2 fully saturated rings. The summed E-state index contributed by atoms with van der Waals surface area (Å²) < 4.78 is 3.72. The lowest BCUT2D eigenvalue weighted by atomic mass is 9.96. The molecule has 0 unspecified atom stereocenters. The number of anilines is 1. The van der Waals surface area contributed by atoms with E-state index in [1.807, 2.05) is 24.0 Å². The second kappa shape index (κ2) is 6.37. The summed E-state index contributed by atoms with van der Waals surface area (Å²) in [6.07, 6.45) is 10.7. The summed E-state index contributed by atoms with van der Waals surface area (Å²) in [5.41, 5.74) is 0. The van der Waals surface area contributed by atoms with Crippen LogP contribution in [0.15, 0.2) is 12.3 Å². The number of aryl methyl sites for hydroxylation is 1. The third kappa shape index (κ3) is 3.34. The lowest BCUT2D eigenvalue weighted by Gasteiger charge is -2.21. The fraction of sp³-hybridized carbons (Fsp3) is 0.647. The molecule has 0 aliphatic heterocycles. The van der Waals surface area contributed by atoms with Crippen molar-refractivity contribution in [2.45, 2.75) is 63.3 Å². The Balaban J connectivity index is 1.36. The van der Waals surface area contributed by atoms with Crippen LogP contribution < -0.4 is 5.32 Å². The Morgan fingerprint density at radius 1 is 1.21 bits per heavy atom. The molecule has 2 aliphatic rings. The number of amides is 1. The largest absolute Gasteiger partial charge is 0.309 e. The predicted octanol–water partition coefficient (Wildman–Crippen LogP) is 2.58. The first-order valence-corrected chi connectivity index (χ1v) is 8.94. The standard InChI is InChI=1S/C17H24N6O/c1-22-15(19-17(21-22)12-7-8-12)11-16(24)18-14-9-10-23(20-14)13-5-3-2-4-6-13/h9-10,12-13H,2-8,11H2,1H3,(H,18,20,24). The molecule has 128 valence electrons. The molecule has 0 bridgehead atoms. The summed E-state index contributed by atoms with van der Waals surface area (Å²) in [6, 6.07) is 2.35. The first-order chi connectivity index (χ1) is 11.7. The molecule has 0 atom stereocenters. The highest BCUT2D eigenvalue weighted by Crippen LogP contribution is 2.38. The molecule has 7 heteroatoms. The van der Waals surface area contributed by atoms with Gasteiger partial charge in [-0.25, -0.2) is 4.98 Å². The molecule has 24 heavy (non-hydrogen) atoms. The van der Waals surface area contributed by atoms with Crippen molar-refractivity contribution in [3.05, 3.63) is 23.9 Å². The molecule has 2 aromatic rings. The lowest BCUT2D eigenvalue weighted by molar-refractivity contribution is -0.115. The highest BCUT2D eigenvalue weighted by Gasteiger charge is 2.28. The minimum atomic E-state index is -0.0956. The van der Waals surface area contributed by atoms with Crippen molar-refractivity contribution in [1.82, 2.24) is 24.5 Å². The van der Waals surface area contributed by atoms with Gasteiger partial charge in [-0.2, -0.15) is 10.2 Å². The molecule has 1 amide bonds. The van der Waals surface area contributed by atoms with Gasteiger partial charge in [0.05, 0.1) is 12.5 Å². The third-order valence-corrected chi connectivity index (χ3v) is 4.96. The second-order valence-corrected chi connectivity index (χ2v) is 6.98. The normalized spacial score (nSPS) is 18.7. The average molecular weight is 328 g/mol. The molecule has 0 spiro atoms. The molecule has 0 radical (unpaired) electrons. The van der Waals surface area contributed by atoms with Crippen LogP contribution in [0, 0.1) is 0 Å². The Morgan fingerprint density at radius 3 is 2.75 bits per heavy atom. The Labute approximate surface area is 141 Å². The molecule has 1 N–H and O–H groups in total. The zero-order valence-corrected chi connectivity index (χ0v) is 14.1. The summed E-state index contributed by atoms with van der Waals surface area (Å²) in [4.78, 5) is 16.8. The van der Waals surface area contributed by atoms with E-state index in [2.05, 4.69) is 20.5 Å². The first-order valence-electron chi connectivity index (χ1n) is 8.94. The molecule has 7 nitrogen and oxygen atoms in total. The Bertz CT molecular complexity index is 723. The monoisotopic (exact) mass is 328 g/mol. The van der Waals surface area contributed by atoms with E-state index in [1.165, 1.54) is 32.1 Å². The highest BCUT2D eigenvalue weighted by atomic mass is 16.1. The summed E-state index contributed by atoms with van der Waals surface area (Å²) >= 11 is 0. The van der Waals surface area contributed by atoms with E-state index < -0.39 is 0 Å². The van der Waals surface area contributed by atoms with E-state index in [9.17, 15) is 4.79 Å². The van der Waals surface area contributed by atoms with Crippen molar-refractivity contribution in [2.24, 2.45) is 7.05 Å². The topological polar surface area (TPSA) is 77.6 Å². The van der Waals surface area contributed by atoms with Gasteiger partial charge >= 0.3 is 0 Å². The van der Waals surface area contributed by atoms with E-state index in [0.717, 1.165) is 18.7 Å². The summed E-state index contributed by atoms with van der Waals surface area (Å²) in [6.45, 7) is 0. The lowest BCUT2D eigenvalue weighted by Crippen LogP contribution is -2.18. The van der Waals surface area contributed by atoms with Gasteiger partial charge in [0.2, 0.25) is 5.91 Å². The Morgan fingerprint density at radius 2 is 2.00 bits per heavy atom. The Kier molecular flexibility index (Phi) is 4.08. The van der Waals surface area contributed by atoms with Crippen LogP contribution in [0.5, 0.6) is 0 Å². The van der Waals surface area contributed by atoms with Gasteiger partial charge in [-0.1, -0.05) is 19.3 Å². The van der Waals surface area contributed by atoms with Crippen molar-refractivity contribution < 1.29 is 4.79 Å². The maximum Gasteiger partial charge on any atom is 0.233 e. The molecule has 2 aliphatic carbocycles. The number of nitrogens with one attached hydrogen (secondary N) is 1. The highest BCUT2D eigenvalue weighted by molar-refractivity contribution is 5.90. The van der Waals surface area contributed by atoms with E-state index in [-0.39, 0.29) is 12.3 Å². The van der Waals surface area contributed by atoms with Gasteiger partial charge in [0.25, 0.3) is 0 Å². The minimum absolute atomic E-state index is 0.0956. The molecule has 0 saturated heterocycles. The molecular formula is C17H24N6O. The predicted molar refractivity (Wildman–Crippen MR) is 89.7 cm³/mol. The van der Waals surface area contributed by atoms with Gasteiger partial charge in [-0.05, 0) is 25.7 Å². The van der Waals surface area contributed by atoms with Gasteiger partial charge in [0.15, 0.2) is 11.6 Å². The SMILES string of the molecule is Cn1nc(C2CC2)nc1CC(=O)Nc1ccn(C2CCCCC2)n1. The fourth-order valence-electron chi connectivity index (χ4n) is 3.39. The quantitative estimate of drug-likeness (QED) is 0.915. The van der Waals surface area contributed by atoms with Crippen LogP contribution in [0.2, 0.25) is 0 Å². The van der Waals surface area contributed by atoms with Crippen LogP contribution in [0.1, 0.15) is 68.6 Å². The number of nitrogens with zero attached hydrogens (tertiary/aromatic N) is 5. The summed E-state index contributed by atoms with van der Waals surface area (Å²) in [5, 5.41) is 11.8. The molecule has 4 rings (SSSR count). The van der Waals surface area contributed by atoms with Crippen molar-refractivity contribution >= 4 is 11.7 Å². The molecule has 2 aromatic heterocycles. The van der Waals surface area contributed by atoms with Gasteiger partial charge < -0.3 is 5.32 Å². The summed E-state index contributed by atoms with van der Waals surface area (Å²) in [7, 11) is 1.85. The summed E-state index contributed by atoms with van der Waals surface area (Å²) in [5.74, 6) is 2.61. The zero-order chi connectivity index (χ0) is 16.5. The van der Waals surface area contributed by atoms with Gasteiger partial charge in [0.1, 0.15) is 5.82 Å². The third-order valence-electron chi connectivity index (χ3n) is 4.96. The Hall–Kier alpha value is -2.18. The van der Waals surface area contributed by atoms with Crippen LogP contribution in [-0.4, -0.2) is 30.5 Å². The van der Waals surface area contributed by atoms with Crippen molar-refractivity contribution in [3.63, 3.8) is 0 Å². The van der Waals surface area contributed by atoms with Gasteiger partial charge in [0, 0.05) is 25.2 Å². The van der Waals surface area contributed by atoms with Gasteiger partial charge in [-0.3, -0.25) is 14.2 Å². The number of carbonyl (C=O) groups excluding carboxylic acids is 1. The van der Waals surface area contributed by atoms with E-state index in [4.69, 9.17) is 0 Å². The van der Waals surface area contributed by atoms with Crippen molar-refractivity contribution in [3.8, 4) is 0 Å². The average Bonchev–Trinajstić information content (AvgIpc) is 3.23. The van der Waals surface area contributed by atoms with Crippen LogP contribution in [0.4, 0.5) is 5.82 Å².